The Kier molecular flexibility index (Phi) is 4.43. The van der Waals surface area contributed by atoms with Crippen LogP contribution in [0.5, 0.6) is 0 Å². The Labute approximate surface area is 135 Å². The number of amides is 1. The first-order valence-corrected chi connectivity index (χ1v) is 8.51. The third-order valence-electron chi connectivity index (χ3n) is 4.11. The maximum atomic E-state index is 12.5. The molecule has 22 heavy (non-hydrogen) atoms. The number of hydrogen-bond acceptors (Lipinski definition) is 4. The Hall–Kier alpha value is -1.88. The van der Waals surface area contributed by atoms with Gasteiger partial charge in [0.05, 0.1) is 12.1 Å². The molecule has 4 nitrogen and oxygen atoms in total. The fraction of sp³-hybridized carbons (Fsp3) is 0.412. The van der Waals surface area contributed by atoms with E-state index in [1.165, 1.54) is 5.56 Å². The summed E-state index contributed by atoms with van der Waals surface area (Å²) in [6.07, 6.45) is 0.503. The highest BCUT2D eigenvalue weighted by Gasteiger charge is 2.22. The first kappa shape index (κ1) is 15.0. The standard InChI is InChI=1S/C17H21N3OS/c1-13-5-3-4-6-15(13)11-16(21)19-7-9-20(10-8-19)17-18-14(2)12-22-17/h3-6,12H,7-11H2,1-2H3. The number of anilines is 1. The lowest BCUT2D eigenvalue weighted by molar-refractivity contribution is -0.130. The van der Waals surface area contributed by atoms with Crippen LogP contribution in [-0.2, 0) is 11.2 Å². The minimum Gasteiger partial charge on any atom is -0.345 e. The summed E-state index contributed by atoms with van der Waals surface area (Å²) in [6.45, 7) is 7.37. The fourth-order valence-corrected chi connectivity index (χ4v) is 3.57. The lowest BCUT2D eigenvalue weighted by Crippen LogP contribution is -2.49. The van der Waals surface area contributed by atoms with Gasteiger partial charge in [-0.25, -0.2) is 4.98 Å². The van der Waals surface area contributed by atoms with Crippen molar-refractivity contribution in [3.05, 3.63) is 46.5 Å². The Bertz CT molecular complexity index is 659. The van der Waals surface area contributed by atoms with Gasteiger partial charge in [-0.2, -0.15) is 0 Å². The van der Waals surface area contributed by atoms with Gasteiger partial charge in [-0.15, -0.1) is 11.3 Å². The van der Waals surface area contributed by atoms with Crippen LogP contribution < -0.4 is 4.90 Å². The molecule has 0 atom stereocenters. The SMILES string of the molecule is Cc1csc(N2CCN(C(=O)Cc3ccccc3C)CC2)n1. The maximum absolute atomic E-state index is 12.5. The molecule has 0 radical (unpaired) electrons. The van der Waals surface area contributed by atoms with Gasteiger partial charge in [0.25, 0.3) is 0 Å². The summed E-state index contributed by atoms with van der Waals surface area (Å²) < 4.78 is 0. The third kappa shape index (κ3) is 3.30. The number of aryl methyl sites for hydroxylation is 2. The van der Waals surface area contributed by atoms with Crippen molar-refractivity contribution < 1.29 is 4.79 Å². The molecule has 116 valence electrons. The van der Waals surface area contributed by atoms with Crippen LogP contribution >= 0.6 is 11.3 Å². The smallest absolute Gasteiger partial charge is 0.227 e. The van der Waals surface area contributed by atoms with E-state index in [0.29, 0.717) is 6.42 Å². The topological polar surface area (TPSA) is 36.4 Å². The average Bonchev–Trinajstić information content (AvgIpc) is 2.96. The molecule has 0 unspecified atom stereocenters. The Morgan fingerprint density at radius 3 is 2.55 bits per heavy atom. The highest BCUT2D eigenvalue weighted by molar-refractivity contribution is 7.13. The predicted octanol–water partition coefficient (Wildman–Crippen LogP) is 2.65. The Morgan fingerprint density at radius 2 is 1.91 bits per heavy atom. The molecule has 0 spiro atoms. The molecular weight excluding hydrogens is 294 g/mol. The normalized spacial score (nSPS) is 15.2. The second-order valence-electron chi connectivity index (χ2n) is 5.74. The lowest BCUT2D eigenvalue weighted by atomic mass is 10.1. The van der Waals surface area contributed by atoms with Crippen molar-refractivity contribution in [1.29, 1.82) is 0 Å². The summed E-state index contributed by atoms with van der Waals surface area (Å²) in [5, 5.41) is 3.15. The largest absolute Gasteiger partial charge is 0.345 e. The van der Waals surface area contributed by atoms with E-state index in [1.54, 1.807) is 11.3 Å². The quantitative estimate of drug-likeness (QED) is 0.874. The zero-order chi connectivity index (χ0) is 15.5. The van der Waals surface area contributed by atoms with Crippen molar-refractivity contribution in [1.82, 2.24) is 9.88 Å². The molecule has 2 heterocycles. The zero-order valence-electron chi connectivity index (χ0n) is 13.1. The molecule has 1 saturated heterocycles. The van der Waals surface area contributed by atoms with E-state index in [2.05, 4.69) is 28.3 Å². The van der Waals surface area contributed by atoms with Crippen LogP contribution in [-0.4, -0.2) is 42.0 Å². The van der Waals surface area contributed by atoms with Gasteiger partial charge in [-0.05, 0) is 25.0 Å². The van der Waals surface area contributed by atoms with Crippen LogP contribution in [0.3, 0.4) is 0 Å². The van der Waals surface area contributed by atoms with Crippen molar-refractivity contribution in [3.8, 4) is 0 Å². The number of thiazole rings is 1. The van der Waals surface area contributed by atoms with E-state index in [9.17, 15) is 4.79 Å². The molecule has 1 aromatic heterocycles. The minimum absolute atomic E-state index is 0.226. The minimum atomic E-state index is 0.226. The second kappa shape index (κ2) is 6.48. The van der Waals surface area contributed by atoms with E-state index >= 15 is 0 Å². The summed E-state index contributed by atoms with van der Waals surface area (Å²) in [6, 6.07) is 8.11. The van der Waals surface area contributed by atoms with Crippen LogP contribution in [0.25, 0.3) is 0 Å². The summed E-state index contributed by atoms with van der Waals surface area (Å²) >= 11 is 1.68. The Balaban J connectivity index is 1.57. The molecule has 1 fully saturated rings. The van der Waals surface area contributed by atoms with Crippen molar-refractivity contribution in [2.75, 3.05) is 31.1 Å². The number of benzene rings is 1. The van der Waals surface area contributed by atoms with Gasteiger partial charge in [-0.3, -0.25) is 4.79 Å². The van der Waals surface area contributed by atoms with E-state index in [-0.39, 0.29) is 5.91 Å². The maximum Gasteiger partial charge on any atom is 0.227 e. The zero-order valence-corrected chi connectivity index (χ0v) is 13.9. The van der Waals surface area contributed by atoms with Gasteiger partial charge in [-0.1, -0.05) is 24.3 Å². The molecule has 0 bridgehead atoms. The highest BCUT2D eigenvalue weighted by Crippen LogP contribution is 2.21. The molecule has 0 N–H and O–H groups in total. The number of rotatable bonds is 3. The fourth-order valence-electron chi connectivity index (χ4n) is 2.72. The van der Waals surface area contributed by atoms with Crippen molar-refractivity contribution in [3.63, 3.8) is 0 Å². The summed E-state index contributed by atoms with van der Waals surface area (Å²) in [7, 11) is 0. The van der Waals surface area contributed by atoms with Gasteiger partial charge in [0.2, 0.25) is 5.91 Å². The van der Waals surface area contributed by atoms with Gasteiger partial charge in [0.15, 0.2) is 5.13 Å². The van der Waals surface area contributed by atoms with Crippen molar-refractivity contribution in [2.24, 2.45) is 0 Å². The average molecular weight is 315 g/mol. The second-order valence-corrected chi connectivity index (χ2v) is 6.58. The number of hydrogen-bond donors (Lipinski definition) is 0. The van der Waals surface area contributed by atoms with Crippen molar-refractivity contribution in [2.45, 2.75) is 20.3 Å². The molecule has 5 heteroatoms. The van der Waals surface area contributed by atoms with Gasteiger partial charge in [0.1, 0.15) is 0 Å². The van der Waals surface area contributed by atoms with E-state index in [4.69, 9.17) is 0 Å². The highest BCUT2D eigenvalue weighted by atomic mass is 32.1. The molecule has 1 aliphatic rings. The lowest BCUT2D eigenvalue weighted by Gasteiger charge is -2.34. The predicted molar refractivity (Wildman–Crippen MR) is 90.5 cm³/mol. The molecule has 3 rings (SSSR count). The molecule has 1 aliphatic heterocycles. The molecule has 0 aliphatic carbocycles. The molecular formula is C17H21N3OS. The summed E-state index contributed by atoms with van der Waals surface area (Å²) in [5.74, 6) is 0.226. The van der Waals surface area contributed by atoms with Gasteiger partial charge in [0, 0.05) is 31.6 Å². The van der Waals surface area contributed by atoms with E-state index in [1.807, 2.05) is 30.0 Å². The van der Waals surface area contributed by atoms with Crippen LogP contribution in [0.2, 0.25) is 0 Å². The van der Waals surface area contributed by atoms with E-state index < -0.39 is 0 Å². The molecule has 0 saturated carbocycles. The van der Waals surface area contributed by atoms with Crippen LogP contribution in [0.4, 0.5) is 5.13 Å². The Morgan fingerprint density at radius 1 is 1.18 bits per heavy atom. The first-order chi connectivity index (χ1) is 10.6. The summed E-state index contributed by atoms with van der Waals surface area (Å²) in [5.41, 5.74) is 3.39. The monoisotopic (exact) mass is 315 g/mol. The number of nitrogens with zero attached hydrogens (tertiary/aromatic N) is 3. The molecule has 1 amide bonds. The number of carbonyl (C=O) groups is 1. The number of piperazine rings is 1. The van der Waals surface area contributed by atoms with E-state index in [0.717, 1.165) is 42.6 Å². The van der Waals surface area contributed by atoms with Crippen LogP contribution in [0.15, 0.2) is 29.6 Å². The van der Waals surface area contributed by atoms with Crippen molar-refractivity contribution >= 4 is 22.4 Å². The van der Waals surface area contributed by atoms with Crippen LogP contribution in [0.1, 0.15) is 16.8 Å². The third-order valence-corrected chi connectivity index (χ3v) is 5.13. The number of aromatic nitrogens is 1. The van der Waals surface area contributed by atoms with Crippen LogP contribution in [0, 0.1) is 13.8 Å². The van der Waals surface area contributed by atoms with Gasteiger partial charge < -0.3 is 9.80 Å². The molecule has 1 aromatic carbocycles. The first-order valence-electron chi connectivity index (χ1n) is 7.63. The molecule has 2 aromatic rings. The number of carbonyl (C=O) groups excluding carboxylic acids is 1. The summed E-state index contributed by atoms with van der Waals surface area (Å²) in [4.78, 5) is 21.2. The van der Waals surface area contributed by atoms with Gasteiger partial charge >= 0.3 is 0 Å².